The molecule has 0 radical (unpaired) electrons. The number of carbonyl (C=O) groups excluding carboxylic acids is 1. The molecule has 0 aliphatic carbocycles. The van der Waals surface area contributed by atoms with Crippen LogP contribution in [0.3, 0.4) is 0 Å². The van der Waals surface area contributed by atoms with Gasteiger partial charge in [-0.2, -0.15) is 5.26 Å². The maximum absolute atomic E-state index is 11.9. The van der Waals surface area contributed by atoms with Crippen molar-refractivity contribution in [3.05, 3.63) is 29.8 Å². The summed E-state index contributed by atoms with van der Waals surface area (Å²) in [6.45, 7) is 3.76. The molecule has 5 heteroatoms. The summed E-state index contributed by atoms with van der Waals surface area (Å²) >= 11 is 0. The van der Waals surface area contributed by atoms with Crippen molar-refractivity contribution in [2.24, 2.45) is 0 Å². The van der Waals surface area contributed by atoms with E-state index in [1.165, 1.54) is 11.3 Å². The standard InChI is InChI=1S/C18H24N4O/c1-20(2)17(23)13-21-10-7-18(8-11-21)14-22(12-9-19)16-6-4-3-5-15(16)18/h3-6H,7-8,10-14H2,1-2H3. The Morgan fingerprint density at radius 1 is 1.30 bits per heavy atom. The van der Waals surface area contributed by atoms with Crippen molar-refractivity contribution in [3.8, 4) is 6.07 Å². The second kappa shape index (κ2) is 6.21. The van der Waals surface area contributed by atoms with Crippen LogP contribution in [0.5, 0.6) is 0 Å². The van der Waals surface area contributed by atoms with Crippen LogP contribution >= 0.6 is 0 Å². The van der Waals surface area contributed by atoms with E-state index in [4.69, 9.17) is 5.26 Å². The van der Waals surface area contributed by atoms with Crippen LogP contribution in [0.25, 0.3) is 0 Å². The monoisotopic (exact) mass is 312 g/mol. The third kappa shape index (κ3) is 2.91. The van der Waals surface area contributed by atoms with Gasteiger partial charge in [-0.05, 0) is 37.6 Å². The number of benzene rings is 1. The second-order valence-corrected chi connectivity index (χ2v) is 6.88. The highest BCUT2D eigenvalue weighted by Gasteiger charge is 2.44. The van der Waals surface area contributed by atoms with Crippen molar-refractivity contribution in [1.82, 2.24) is 9.80 Å². The maximum Gasteiger partial charge on any atom is 0.236 e. The fourth-order valence-electron chi connectivity index (χ4n) is 3.86. The molecule has 0 saturated carbocycles. The Hall–Kier alpha value is -2.06. The van der Waals surface area contributed by atoms with Crippen LogP contribution < -0.4 is 4.90 Å². The van der Waals surface area contributed by atoms with Gasteiger partial charge in [0.15, 0.2) is 0 Å². The average Bonchev–Trinajstić information content (AvgIpc) is 2.84. The van der Waals surface area contributed by atoms with E-state index in [2.05, 4.69) is 34.1 Å². The van der Waals surface area contributed by atoms with E-state index in [0.29, 0.717) is 13.1 Å². The Balaban J connectivity index is 1.73. The Bertz CT molecular complexity index is 626. The summed E-state index contributed by atoms with van der Waals surface area (Å²) in [5.41, 5.74) is 2.74. The van der Waals surface area contributed by atoms with E-state index in [-0.39, 0.29) is 11.3 Å². The van der Waals surface area contributed by atoms with Gasteiger partial charge < -0.3 is 9.80 Å². The zero-order chi connectivity index (χ0) is 16.4. The molecule has 122 valence electrons. The van der Waals surface area contributed by atoms with E-state index in [0.717, 1.165) is 32.5 Å². The molecule has 2 aliphatic rings. The van der Waals surface area contributed by atoms with E-state index < -0.39 is 0 Å². The minimum atomic E-state index is 0.144. The summed E-state index contributed by atoms with van der Waals surface area (Å²) in [7, 11) is 3.61. The summed E-state index contributed by atoms with van der Waals surface area (Å²) in [6, 6.07) is 10.8. The average molecular weight is 312 g/mol. The lowest BCUT2D eigenvalue weighted by molar-refractivity contribution is -0.130. The SMILES string of the molecule is CN(C)C(=O)CN1CCC2(CC1)CN(CC#N)c1ccccc12. The lowest BCUT2D eigenvalue weighted by Crippen LogP contribution is -2.47. The molecule has 1 aromatic carbocycles. The third-order valence-corrected chi connectivity index (χ3v) is 5.24. The predicted octanol–water partition coefficient (Wildman–Crippen LogP) is 1.45. The molecular weight excluding hydrogens is 288 g/mol. The topological polar surface area (TPSA) is 50.6 Å². The lowest BCUT2D eigenvalue weighted by Gasteiger charge is -2.39. The zero-order valence-corrected chi connectivity index (χ0v) is 14.0. The first-order valence-corrected chi connectivity index (χ1v) is 8.20. The number of carbonyl (C=O) groups is 1. The van der Waals surface area contributed by atoms with Gasteiger partial charge in [-0.1, -0.05) is 18.2 Å². The minimum Gasteiger partial charge on any atom is -0.357 e. The number of hydrogen-bond donors (Lipinski definition) is 0. The van der Waals surface area contributed by atoms with E-state index in [1.54, 1.807) is 19.0 Å². The first-order valence-electron chi connectivity index (χ1n) is 8.20. The highest BCUT2D eigenvalue weighted by Crippen LogP contribution is 2.46. The van der Waals surface area contributed by atoms with Gasteiger partial charge in [-0.15, -0.1) is 0 Å². The summed E-state index contributed by atoms with van der Waals surface area (Å²) in [6.07, 6.45) is 2.10. The van der Waals surface area contributed by atoms with Crippen molar-refractivity contribution in [2.45, 2.75) is 18.3 Å². The number of amides is 1. The molecule has 0 aromatic heterocycles. The van der Waals surface area contributed by atoms with Crippen LogP contribution in [0.1, 0.15) is 18.4 Å². The van der Waals surface area contributed by atoms with Gasteiger partial charge in [-0.25, -0.2) is 0 Å². The van der Waals surface area contributed by atoms with Crippen molar-refractivity contribution >= 4 is 11.6 Å². The van der Waals surface area contributed by atoms with Crippen LogP contribution in [0, 0.1) is 11.3 Å². The molecule has 0 N–H and O–H groups in total. The highest BCUT2D eigenvalue weighted by atomic mass is 16.2. The number of piperidine rings is 1. The van der Waals surface area contributed by atoms with Gasteiger partial charge in [0, 0.05) is 31.7 Å². The number of likely N-dealkylation sites (N-methyl/N-ethyl adjacent to an activating group) is 1. The summed E-state index contributed by atoms with van der Waals surface area (Å²) < 4.78 is 0. The van der Waals surface area contributed by atoms with Gasteiger partial charge >= 0.3 is 0 Å². The predicted molar refractivity (Wildman–Crippen MR) is 90.3 cm³/mol. The van der Waals surface area contributed by atoms with Gasteiger partial charge in [0.1, 0.15) is 6.54 Å². The molecule has 5 nitrogen and oxygen atoms in total. The van der Waals surface area contributed by atoms with Crippen molar-refractivity contribution < 1.29 is 4.79 Å². The lowest BCUT2D eigenvalue weighted by atomic mass is 9.74. The smallest absolute Gasteiger partial charge is 0.236 e. The maximum atomic E-state index is 11.9. The number of rotatable bonds is 3. The van der Waals surface area contributed by atoms with Crippen LogP contribution in [0.2, 0.25) is 0 Å². The number of para-hydroxylation sites is 1. The van der Waals surface area contributed by atoms with Crippen molar-refractivity contribution in [1.29, 1.82) is 5.26 Å². The highest BCUT2D eigenvalue weighted by molar-refractivity contribution is 5.77. The first-order chi connectivity index (χ1) is 11.1. The fraction of sp³-hybridized carbons (Fsp3) is 0.556. The fourth-order valence-corrected chi connectivity index (χ4v) is 3.86. The zero-order valence-electron chi connectivity index (χ0n) is 14.0. The van der Waals surface area contributed by atoms with Gasteiger partial charge in [0.25, 0.3) is 0 Å². The molecule has 23 heavy (non-hydrogen) atoms. The van der Waals surface area contributed by atoms with Gasteiger partial charge in [0.2, 0.25) is 5.91 Å². The molecule has 1 fully saturated rings. The number of anilines is 1. The number of hydrogen-bond acceptors (Lipinski definition) is 4. The van der Waals surface area contributed by atoms with E-state index >= 15 is 0 Å². The molecule has 1 amide bonds. The molecule has 2 heterocycles. The van der Waals surface area contributed by atoms with Crippen LogP contribution in [0.4, 0.5) is 5.69 Å². The molecule has 2 aliphatic heterocycles. The van der Waals surface area contributed by atoms with Crippen LogP contribution in [-0.2, 0) is 10.2 Å². The first kappa shape index (κ1) is 15.8. The van der Waals surface area contributed by atoms with Gasteiger partial charge in [-0.3, -0.25) is 9.69 Å². The Kier molecular flexibility index (Phi) is 4.27. The molecule has 1 saturated heterocycles. The normalized spacial score (nSPS) is 19.4. The van der Waals surface area contributed by atoms with E-state index in [9.17, 15) is 4.79 Å². The van der Waals surface area contributed by atoms with E-state index in [1.807, 2.05) is 6.07 Å². The molecule has 1 spiro atoms. The molecular formula is C18H24N4O. The second-order valence-electron chi connectivity index (χ2n) is 6.88. The third-order valence-electron chi connectivity index (χ3n) is 5.24. The summed E-state index contributed by atoms with van der Waals surface area (Å²) in [5, 5.41) is 9.09. The molecule has 3 rings (SSSR count). The van der Waals surface area contributed by atoms with Crippen LogP contribution in [-0.4, -0.2) is 62.5 Å². The van der Waals surface area contributed by atoms with Crippen molar-refractivity contribution in [2.75, 3.05) is 51.7 Å². The van der Waals surface area contributed by atoms with Crippen molar-refractivity contribution in [3.63, 3.8) is 0 Å². The molecule has 0 unspecified atom stereocenters. The Morgan fingerprint density at radius 3 is 2.65 bits per heavy atom. The minimum absolute atomic E-state index is 0.144. The summed E-state index contributed by atoms with van der Waals surface area (Å²) in [4.78, 5) is 18.0. The molecule has 1 aromatic rings. The van der Waals surface area contributed by atoms with Gasteiger partial charge in [0.05, 0.1) is 12.6 Å². The molecule has 0 bridgehead atoms. The van der Waals surface area contributed by atoms with Crippen LogP contribution in [0.15, 0.2) is 24.3 Å². The Morgan fingerprint density at radius 2 is 2.00 bits per heavy atom. The largest absolute Gasteiger partial charge is 0.357 e. The number of nitrogens with zero attached hydrogens (tertiary/aromatic N) is 4. The number of nitriles is 1. The number of likely N-dealkylation sites (tertiary alicyclic amines) is 1. The summed E-state index contributed by atoms with van der Waals surface area (Å²) in [5.74, 6) is 0.166. The quantitative estimate of drug-likeness (QED) is 0.793. The molecule has 0 atom stereocenters. The number of fused-ring (bicyclic) bond motifs is 2. The Labute approximate surface area is 138 Å².